The second-order valence-corrected chi connectivity index (χ2v) is 8.50. The van der Waals surface area contributed by atoms with Crippen LogP contribution >= 0.6 is 0 Å². The number of rotatable bonds is 11. The number of nitrogens with zero attached hydrogens (tertiary/aromatic N) is 1. The smallest absolute Gasteiger partial charge is 0.410 e. The number of ether oxygens (including phenoxy) is 2. The van der Waals surface area contributed by atoms with Crippen molar-refractivity contribution in [1.82, 2.24) is 15.5 Å². The van der Waals surface area contributed by atoms with Gasteiger partial charge in [-0.1, -0.05) is 6.42 Å². The Hall–Kier alpha value is -1.54. The summed E-state index contributed by atoms with van der Waals surface area (Å²) in [5.41, 5.74) is 4.33. The summed E-state index contributed by atoms with van der Waals surface area (Å²) >= 11 is 0. The third-order valence-electron chi connectivity index (χ3n) is 3.30. The van der Waals surface area contributed by atoms with Crippen LogP contribution in [0.4, 0.5) is 9.59 Å². The van der Waals surface area contributed by atoms with Crippen molar-refractivity contribution in [2.75, 3.05) is 39.3 Å². The van der Waals surface area contributed by atoms with Gasteiger partial charge in [-0.2, -0.15) is 0 Å². The molecular formula is C19H40N4O4. The number of alkyl carbamates (subject to hydrolysis) is 1. The monoisotopic (exact) mass is 388 g/mol. The lowest BCUT2D eigenvalue weighted by Crippen LogP contribution is -2.42. The number of hydrogen-bond donors (Lipinski definition) is 3. The minimum atomic E-state index is -0.555. The van der Waals surface area contributed by atoms with E-state index < -0.39 is 17.3 Å². The Labute approximate surface area is 164 Å². The molecule has 4 N–H and O–H groups in total. The molecular weight excluding hydrogens is 348 g/mol. The third-order valence-corrected chi connectivity index (χ3v) is 3.30. The highest BCUT2D eigenvalue weighted by Crippen LogP contribution is 2.11. The Kier molecular flexibility index (Phi) is 12.0. The van der Waals surface area contributed by atoms with Crippen LogP contribution in [0.2, 0.25) is 0 Å². The molecule has 0 aliphatic rings. The molecule has 0 aliphatic carbocycles. The van der Waals surface area contributed by atoms with Crippen LogP contribution < -0.4 is 16.4 Å². The van der Waals surface area contributed by atoms with E-state index in [0.29, 0.717) is 26.2 Å². The first-order valence-corrected chi connectivity index (χ1v) is 9.80. The maximum atomic E-state index is 12.4. The van der Waals surface area contributed by atoms with E-state index in [-0.39, 0.29) is 6.09 Å². The highest BCUT2D eigenvalue weighted by atomic mass is 16.6. The van der Waals surface area contributed by atoms with Gasteiger partial charge in [-0.15, -0.1) is 0 Å². The number of carbonyl (C=O) groups excluding carboxylic acids is 2. The maximum Gasteiger partial charge on any atom is 0.410 e. The summed E-state index contributed by atoms with van der Waals surface area (Å²) in [7, 11) is 0. The summed E-state index contributed by atoms with van der Waals surface area (Å²) in [5.74, 6) is 0. The molecule has 2 amide bonds. The molecule has 0 aromatic carbocycles. The molecule has 8 nitrogen and oxygen atoms in total. The van der Waals surface area contributed by atoms with Gasteiger partial charge in [0.2, 0.25) is 0 Å². The summed E-state index contributed by atoms with van der Waals surface area (Å²) < 4.78 is 10.7. The number of hydrogen-bond acceptors (Lipinski definition) is 6. The lowest BCUT2D eigenvalue weighted by molar-refractivity contribution is 0.0237. The fraction of sp³-hybridized carbons (Fsp3) is 0.895. The fourth-order valence-electron chi connectivity index (χ4n) is 2.18. The predicted molar refractivity (Wildman–Crippen MR) is 108 cm³/mol. The molecule has 0 fully saturated rings. The average molecular weight is 389 g/mol. The van der Waals surface area contributed by atoms with Gasteiger partial charge in [-0.3, -0.25) is 0 Å². The molecule has 27 heavy (non-hydrogen) atoms. The SMILES string of the molecule is CC(C)(C)OC(=O)NCCN(CCCCCNCCN)C(=O)OC(C)(C)C. The van der Waals surface area contributed by atoms with E-state index in [1.807, 2.05) is 41.5 Å². The van der Waals surface area contributed by atoms with Crippen LogP contribution in [0.5, 0.6) is 0 Å². The Morgan fingerprint density at radius 3 is 2.04 bits per heavy atom. The molecule has 0 unspecified atom stereocenters. The summed E-state index contributed by atoms with van der Waals surface area (Å²) in [6.07, 6.45) is 2.04. The summed E-state index contributed by atoms with van der Waals surface area (Å²) in [6, 6.07) is 0. The van der Waals surface area contributed by atoms with Gasteiger partial charge in [0.25, 0.3) is 0 Å². The second-order valence-electron chi connectivity index (χ2n) is 8.50. The zero-order valence-electron chi connectivity index (χ0n) is 18.0. The largest absolute Gasteiger partial charge is 0.444 e. The average Bonchev–Trinajstić information content (AvgIpc) is 2.48. The van der Waals surface area contributed by atoms with E-state index >= 15 is 0 Å². The molecule has 0 saturated heterocycles. The summed E-state index contributed by atoms with van der Waals surface area (Å²) in [5, 5.41) is 5.93. The highest BCUT2D eigenvalue weighted by Gasteiger charge is 2.22. The molecule has 0 aromatic rings. The molecule has 0 atom stereocenters. The van der Waals surface area contributed by atoms with E-state index in [2.05, 4.69) is 10.6 Å². The first-order chi connectivity index (χ1) is 12.4. The van der Waals surface area contributed by atoms with Gasteiger partial charge in [0.15, 0.2) is 0 Å². The van der Waals surface area contributed by atoms with Crippen molar-refractivity contribution in [3.8, 4) is 0 Å². The van der Waals surface area contributed by atoms with Crippen molar-refractivity contribution in [1.29, 1.82) is 0 Å². The minimum absolute atomic E-state index is 0.312. The highest BCUT2D eigenvalue weighted by molar-refractivity contribution is 5.69. The number of nitrogens with one attached hydrogen (secondary N) is 2. The summed E-state index contributed by atoms with van der Waals surface area (Å²) in [6.45, 7) is 14.6. The van der Waals surface area contributed by atoms with Crippen molar-refractivity contribution in [3.63, 3.8) is 0 Å². The normalized spacial score (nSPS) is 11.8. The van der Waals surface area contributed by atoms with Gasteiger partial charge in [0.05, 0.1) is 0 Å². The molecule has 0 aromatic heterocycles. The third kappa shape index (κ3) is 16.4. The van der Waals surface area contributed by atoms with E-state index in [0.717, 1.165) is 32.4 Å². The van der Waals surface area contributed by atoms with E-state index in [4.69, 9.17) is 15.2 Å². The van der Waals surface area contributed by atoms with E-state index in [1.165, 1.54) is 0 Å². The van der Waals surface area contributed by atoms with Gasteiger partial charge < -0.3 is 30.7 Å². The minimum Gasteiger partial charge on any atom is -0.444 e. The van der Waals surface area contributed by atoms with Gasteiger partial charge in [0, 0.05) is 32.7 Å². The number of amides is 2. The van der Waals surface area contributed by atoms with Gasteiger partial charge in [0.1, 0.15) is 11.2 Å². The van der Waals surface area contributed by atoms with Gasteiger partial charge >= 0.3 is 12.2 Å². The van der Waals surface area contributed by atoms with Crippen LogP contribution in [-0.4, -0.2) is 67.6 Å². The summed E-state index contributed by atoms with van der Waals surface area (Å²) in [4.78, 5) is 25.8. The maximum absolute atomic E-state index is 12.4. The van der Waals surface area contributed by atoms with Crippen LogP contribution in [-0.2, 0) is 9.47 Å². The first kappa shape index (κ1) is 25.5. The van der Waals surface area contributed by atoms with Gasteiger partial charge in [-0.25, -0.2) is 9.59 Å². The Morgan fingerprint density at radius 1 is 0.852 bits per heavy atom. The van der Waals surface area contributed by atoms with Gasteiger partial charge in [-0.05, 0) is 60.9 Å². The molecule has 0 radical (unpaired) electrons. The fourth-order valence-corrected chi connectivity index (χ4v) is 2.18. The molecule has 0 saturated carbocycles. The lowest BCUT2D eigenvalue weighted by Gasteiger charge is -2.28. The van der Waals surface area contributed by atoms with Crippen LogP contribution in [0.15, 0.2) is 0 Å². The molecule has 0 rings (SSSR count). The molecule has 0 heterocycles. The Balaban J connectivity index is 4.36. The lowest BCUT2D eigenvalue weighted by atomic mass is 10.2. The van der Waals surface area contributed by atoms with Crippen LogP contribution in [0.1, 0.15) is 60.8 Å². The molecule has 160 valence electrons. The van der Waals surface area contributed by atoms with E-state index in [1.54, 1.807) is 4.90 Å². The van der Waals surface area contributed by atoms with Crippen LogP contribution in [0.25, 0.3) is 0 Å². The van der Waals surface area contributed by atoms with E-state index in [9.17, 15) is 9.59 Å². The van der Waals surface area contributed by atoms with Crippen molar-refractivity contribution in [3.05, 3.63) is 0 Å². The van der Waals surface area contributed by atoms with Crippen molar-refractivity contribution in [2.45, 2.75) is 72.0 Å². The van der Waals surface area contributed by atoms with Crippen LogP contribution in [0.3, 0.4) is 0 Å². The van der Waals surface area contributed by atoms with Crippen molar-refractivity contribution in [2.24, 2.45) is 5.73 Å². The quantitative estimate of drug-likeness (QED) is 0.470. The van der Waals surface area contributed by atoms with Crippen molar-refractivity contribution < 1.29 is 19.1 Å². The number of unbranched alkanes of at least 4 members (excludes halogenated alkanes) is 2. The second kappa shape index (κ2) is 12.8. The predicted octanol–water partition coefficient (Wildman–Crippen LogP) is 2.47. The molecule has 0 aliphatic heterocycles. The zero-order valence-corrected chi connectivity index (χ0v) is 18.0. The zero-order chi connectivity index (χ0) is 20.9. The Morgan fingerprint density at radius 2 is 1.48 bits per heavy atom. The standard InChI is InChI=1S/C19H40N4O4/c1-18(2,3)26-16(24)22-13-15-23(17(25)27-19(4,5)6)14-9-7-8-11-21-12-10-20/h21H,7-15,20H2,1-6H3,(H,22,24). The first-order valence-electron chi connectivity index (χ1n) is 9.80. The number of nitrogens with two attached hydrogens (primary N) is 1. The molecule has 0 spiro atoms. The Bertz CT molecular complexity index is 430. The molecule has 0 bridgehead atoms. The molecule has 8 heteroatoms. The number of carbonyl (C=O) groups is 2. The van der Waals surface area contributed by atoms with Crippen LogP contribution in [0, 0.1) is 0 Å². The van der Waals surface area contributed by atoms with Crippen molar-refractivity contribution >= 4 is 12.2 Å². The topological polar surface area (TPSA) is 106 Å².